The van der Waals surface area contributed by atoms with Crippen LogP contribution in [-0.4, -0.2) is 44.4 Å². The Morgan fingerprint density at radius 2 is 1.86 bits per heavy atom. The van der Waals surface area contributed by atoms with Gasteiger partial charge in [0.25, 0.3) is 0 Å². The van der Waals surface area contributed by atoms with Crippen molar-refractivity contribution >= 4 is 11.9 Å². The van der Waals surface area contributed by atoms with Gasteiger partial charge >= 0.3 is 6.09 Å². The first-order valence-electron chi connectivity index (χ1n) is 10.1. The summed E-state index contributed by atoms with van der Waals surface area (Å²) in [5.41, 5.74) is 8.00. The van der Waals surface area contributed by atoms with E-state index in [9.17, 15) is 4.79 Å². The van der Waals surface area contributed by atoms with E-state index in [1.54, 1.807) is 9.58 Å². The molecule has 1 saturated carbocycles. The van der Waals surface area contributed by atoms with E-state index < -0.39 is 5.60 Å². The maximum Gasteiger partial charge on any atom is 0.410 e. The predicted molar refractivity (Wildman–Crippen MR) is 108 cm³/mol. The van der Waals surface area contributed by atoms with Crippen LogP contribution in [0.25, 0.3) is 5.82 Å². The smallest absolute Gasteiger partial charge is 0.410 e. The van der Waals surface area contributed by atoms with Crippen LogP contribution in [0.15, 0.2) is 24.4 Å². The van der Waals surface area contributed by atoms with Gasteiger partial charge in [-0.2, -0.15) is 9.78 Å². The number of hydrogen-bond donors (Lipinski definition) is 1. The number of anilines is 1. The second-order valence-electron chi connectivity index (χ2n) is 8.87. The minimum absolute atomic E-state index is 0.240. The summed E-state index contributed by atoms with van der Waals surface area (Å²) < 4.78 is 7.18. The molecule has 1 aliphatic heterocycles. The monoisotopic (exact) mass is 383 g/mol. The largest absolute Gasteiger partial charge is 0.444 e. The number of carbonyl (C=O) groups is 1. The van der Waals surface area contributed by atoms with Gasteiger partial charge in [0.1, 0.15) is 11.4 Å². The quantitative estimate of drug-likeness (QED) is 0.870. The maximum atomic E-state index is 12.2. The lowest BCUT2D eigenvalue weighted by Gasteiger charge is -2.32. The lowest BCUT2D eigenvalue weighted by molar-refractivity contribution is 0.0204. The summed E-state index contributed by atoms with van der Waals surface area (Å²) >= 11 is 0. The van der Waals surface area contributed by atoms with Crippen LogP contribution < -0.4 is 5.73 Å². The molecule has 0 unspecified atom stereocenters. The van der Waals surface area contributed by atoms with Crippen molar-refractivity contribution in [3.63, 3.8) is 0 Å². The molecule has 150 valence electrons. The van der Waals surface area contributed by atoms with Crippen LogP contribution in [0.4, 0.5) is 10.6 Å². The molecule has 2 aromatic rings. The Labute approximate surface area is 165 Å². The Kier molecular flexibility index (Phi) is 4.77. The van der Waals surface area contributed by atoms with Crippen LogP contribution in [0.1, 0.15) is 69.5 Å². The van der Waals surface area contributed by atoms with Gasteiger partial charge in [0.15, 0.2) is 5.82 Å². The molecular weight excluding hydrogens is 354 g/mol. The molecule has 1 aliphatic carbocycles. The molecular formula is C21H29N5O2. The van der Waals surface area contributed by atoms with Gasteiger partial charge < -0.3 is 15.4 Å². The van der Waals surface area contributed by atoms with Crippen molar-refractivity contribution in [3.05, 3.63) is 35.7 Å². The van der Waals surface area contributed by atoms with Gasteiger partial charge in [0.05, 0.1) is 5.69 Å². The van der Waals surface area contributed by atoms with Crippen LogP contribution in [0.5, 0.6) is 0 Å². The number of nitrogens with zero attached hydrogens (tertiary/aromatic N) is 4. The SMILES string of the molecule is CC(C)(C)OC(=O)N1CCC(c2cc(N)n(-c3ccc(C4CC4)cn3)n2)CC1. The molecule has 3 heterocycles. The zero-order chi connectivity index (χ0) is 19.9. The van der Waals surface area contributed by atoms with Gasteiger partial charge in [-0.3, -0.25) is 0 Å². The van der Waals surface area contributed by atoms with Gasteiger partial charge in [-0.05, 0) is 64.0 Å². The number of carbonyl (C=O) groups excluding carboxylic acids is 1. The molecule has 1 saturated heterocycles. The highest BCUT2D eigenvalue weighted by molar-refractivity contribution is 5.68. The highest BCUT2D eigenvalue weighted by Crippen LogP contribution is 2.39. The Morgan fingerprint density at radius 1 is 1.14 bits per heavy atom. The first-order chi connectivity index (χ1) is 13.3. The number of hydrogen-bond acceptors (Lipinski definition) is 5. The van der Waals surface area contributed by atoms with Crippen molar-refractivity contribution in [1.82, 2.24) is 19.7 Å². The Balaban J connectivity index is 1.41. The second kappa shape index (κ2) is 7.11. The summed E-state index contributed by atoms with van der Waals surface area (Å²) in [4.78, 5) is 18.6. The molecule has 2 aromatic heterocycles. The Hall–Kier alpha value is -2.57. The van der Waals surface area contributed by atoms with E-state index in [1.165, 1.54) is 18.4 Å². The van der Waals surface area contributed by atoms with Gasteiger partial charge in [0, 0.05) is 31.3 Å². The minimum atomic E-state index is -0.469. The Bertz CT molecular complexity index is 841. The van der Waals surface area contributed by atoms with Crippen molar-refractivity contribution in [2.45, 2.75) is 63.9 Å². The number of nitrogen functional groups attached to an aromatic ring is 1. The first-order valence-corrected chi connectivity index (χ1v) is 10.1. The molecule has 2 N–H and O–H groups in total. The van der Waals surface area contributed by atoms with E-state index in [0.29, 0.717) is 24.8 Å². The topological polar surface area (TPSA) is 86.3 Å². The third-order valence-corrected chi connectivity index (χ3v) is 5.36. The number of rotatable bonds is 3. The van der Waals surface area contributed by atoms with Crippen LogP contribution >= 0.6 is 0 Å². The van der Waals surface area contributed by atoms with Gasteiger partial charge in [-0.15, -0.1) is 0 Å². The lowest BCUT2D eigenvalue weighted by Crippen LogP contribution is -2.41. The zero-order valence-electron chi connectivity index (χ0n) is 16.9. The van der Waals surface area contributed by atoms with E-state index >= 15 is 0 Å². The highest BCUT2D eigenvalue weighted by Gasteiger charge is 2.29. The molecule has 28 heavy (non-hydrogen) atoms. The number of nitrogens with two attached hydrogens (primary N) is 1. The normalized spacial score (nSPS) is 18.3. The van der Waals surface area contributed by atoms with E-state index in [-0.39, 0.29) is 12.0 Å². The minimum Gasteiger partial charge on any atom is -0.444 e. The summed E-state index contributed by atoms with van der Waals surface area (Å²) in [5.74, 6) is 2.31. The average molecular weight is 383 g/mol. The predicted octanol–water partition coefficient (Wildman–Crippen LogP) is 3.84. The number of ether oxygens (including phenoxy) is 1. The molecule has 0 atom stereocenters. The highest BCUT2D eigenvalue weighted by atomic mass is 16.6. The van der Waals surface area contributed by atoms with E-state index in [0.717, 1.165) is 24.4 Å². The molecule has 4 rings (SSSR count). The van der Waals surface area contributed by atoms with Gasteiger partial charge in [-0.1, -0.05) is 6.07 Å². The number of likely N-dealkylation sites (tertiary alicyclic amines) is 1. The van der Waals surface area contributed by atoms with E-state index in [1.807, 2.05) is 39.1 Å². The summed E-state index contributed by atoms with van der Waals surface area (Å²) in [6.07, 6.45) is 5.92. The van der Waals surface area contributed by atoms with Crippen molar-refractivity contribution in [2.75, 3.05) is 18.8 Å². The molecule has 7 heteroatoms. The zero-order valence-corrected chi connectivity index (χ0v) is 16.9. The third-order valence-electron chi connectivity index (χ3n) is 5.36. The lowest BCUT2D eigenvalue weighted by atomic mass is 9.94. The van der Waals surface area contributed by atoms with Crippen LogP contribution in [0.3, 0.4) is 0 Å². The summed E-state index contributed by atoms with van der Waals surface area (Å²) in [7, 11) is 0. The fraction of sp³-hybridized carbons (Fsp3) is 0.571. The summed E-state index contributed by atoms with van der Waals surface area (Å²) in [5, 5.41) is 4.72. The molecule has 7 nitrogen and oxygen atoms in total. The average Bonchev–Trinajstić information content (AvgIpc) is 3.43. The molecule has 1 amide bonds. The molecule has 0 aromatic carbocycles. The number of pyridine rings is 1. The summed E-state index contributed by atoms with van der Waals surface area (Å²) in [6, 6.07) is 6.05. The van der Waals surface area contributed by atoms with Crippen LogP contribution in [-0.2, 0) is 4.74 Å². The fourth-order valence-electron chi connectivity index (χ4n) is 3.66. The van der Waals surface area contributed by atoms with Crippen LogP contribution in [0.2, 0.25) is 0 Å². The van der Waals surface area contributed by atoms with Crippen molar-refractivity contribution in [3.8, 4) is 5.82 Å². The molecule has 0 bridgehead atoms. The van der Waals surface area contributed by atoms with Crippen LogP contribution in [0, 0.1) is 0 Å². The second-order valence-corrected chi connectivity index (χ2v) is 8.87. The fourth-order valence-corrected chi connectivity index (χ4v) is 3.66. The standard InChI is InChI=1S/C21H29N5O2/c1-21(2,3)28-20(27)25-10-8-15(9-11-25)17-12-18(22)26(24-17)19-7-6-16(13-23-19)14-4-5-14/h6-7,12-15H,4-5,8-11,22H2,1-3H3. The molecule has 2 fully saturated rings. The van der Waals surface area contributed by atoms with E-state index in [2.05, 4.69) is 11.1 Å². The maximum absolute atomic E-state index is 12.2. The van der Waals surface area contributed by atoms with Gasteiger partial charge in [0.2, 0.25) is 0 Å². The van der Waals surface area contributed by atoms with Crippen molar-refractivity contribution in [2.24, 2.45) is 0 Å². The van der Waals surface area contributed by atoms with Gasteiger partial charge in [-0.25, -0.2) is 9.78 Å². The Morgan fingerprint density at radius 3 is 2.43 bits per heavy atom. The number of amides is 1. The third kappa shape index (κ3) is 4.13. The molecule has 0 spiro atoms. The number of aromatic nitrogens is 3. The first kappa shape index (κ1) is 18.8. The number of piperidine rings is 1. The molecule has 0 radical (unpaired) electrons. The molecule has 2 aliphatic rings. The van der Waals surface area contributed by atoms with E-state index in [4.69, 9.17) is 15.6 Å². The summed E-state index contributed by atoms with van der Waals surface area (Å²) in [6.45, 7) is 7.00. The van der Waals surface area contributed by atoms with Crippen molar-refractivity contribution < 1.29 is 9.53 Å². The van der Waals surface area contributed by atoms with Crippen molar-refractivity contribution in [1.29, 1.82) is 0 Å².